The molecule has 0 atom stereocenters. The molecule has 0 unspecified atom stereocenters. The molecular weight excluding hydrogens is 414 g/mol. The van der Waals surface area contributed by atoms with Crippen LogP contribution in [0.3, 0.4) is 0 Å². The third-order valence-corrected chi connectivity index (χ3v) is 5.53. The highest BCUT2D eigenvalue weighted by Gasteiger charge is 2.08. The summed E-state index contributed by atoms with van der Waals surface area (Å²) in [6, 6.07) is 27.5. The average molecular weight is 442 g/mol. The first-order valence-electron chi connectivity index (χ1n) is 10.8. The Morgan fingerprint density at radius 1 is 0.906 bits per heavy atom. The summed E-state index contributed by atoms with van der Waals surface area (Å²) in [5.41, 5.74) is 8.28. The van der Waals surface area contributed by atoms with Gasteiger partial charge in [-0.05, 0) is 52.3 Å². The Bertz CT molecular complexity index is 1180. The lowest BCUT2D eigenvalue weighted by molar-refractivity contribution is 0.648. The highest BCUT2D eigenvalue weighted by molar-refractivity contribution is 5.85. The molecule has 0 saturated carbocycles. The van der Waals surface area contributed by atoms with Gasteiger partial charge in [0.15, 0.2) is 0 Å². The van der Waals surface area contributed by atoms with E-state index in [2.05, 4.69) is 78.0 Å². The molecule has 0 aliphatic rings. The summed E-state index contributed by atoms with van der Waals surface area (Å²) in [5, 5.41) is 8.97. The van der Waals surface area contributed by atoms with E-state index in [1.165, 1.54) is 27.8 Å². The number of rotatable bonds is 7. The van der Waals surface area contributed by atoms with E-state index in [9.17, 15) is 0 Å². The van der Waals surface area contributed by atoms with Crippen LogP contribution in [0.25, 0.3) is 11.1 Å². The van der Waals surface area contributed by atoms with Crippen molar-refractivity contribution in [1.82, 2.24) is 9.55 Å². The van der Waals surface area contributed by atoms with Crippen LogP contribution in [0.2, 0.25) is 0 Å². The zero-order valence-corrected chi connectivity index (χ0v) is 19.3. The van der Waals surface area contributed by atoms with Crippen LogP contribution in [0.5, 0.6) is 0 Å². The van der Waals surface area contributed by atoms with Crippen molar-refractivity contribution < 1.29 is 0 Å². The van der Waals surface area contributed by atoms with E-state index in [-0.39, 0.29) is 12.4 Å². The minimum absolute atomic E-state index is 0. The molecule has 4 heteroatoms. The smallest absolute Gasteiger partial charge is 0.0991 e. The summed E-state index contributed by atoms with van der Waals surface area (Å²) in [6.45, 7) is 5.32. The van der Waals surface area contributed by atoms with E-state index >= 15 is 0 Å². The van der Waals surface area contributed by atoms with Crippen LogP contribution < -0.4 is 0 Å². The maximum Gasteiger partial charge on any atom is 0.0991 e. The molecule has 0 spiro atoms. The van der Waals surface area contributed by atoms with Crippen LogP contribution in [0, 0.1) is 17.2 Å². The van der Waals surface area contributed by atoms with E-state index in [0.717, 1.165) is 25.1 Å². The van der Waals surface area contributed by atoms with Gasteiger partial charge < -0.3 is 4.57 Å². The molecule has 0 fully saturated rings. The van der Waals surface area contributed by atoms with Crippen LogP contribution in [0.1, 0.15) is 41.8 Å². The van der Waals surface area contributed by atoms with Crippen molar-refractivity contribution in [2.45, 2.75) is 33.2 Å². The van der Waals surface area contributed by atoms with Gasteiger partial charge in [0.05, 0.1) is 18.0 Å². The maximum absolute atomic E-state index is 8.97. The normalized spacial score (nSPS) is 10.6. The second-order valence-electron chi connectivity index (χ2n) is 8.45. The van der Waals surface area contributed by atoms with Gasteiger partial charge in [-0.15, -0.1) is 12.4 Å². The van der Waals surface area contributed by atoms with Gasteiger partial charge in [-0.25, -0.2) is 4.98 Å². The maximum atomic E-state index is 8.97. The highest BCUT2D eigenvalue weighted by Crippen LogP contribution is 2.26. The predicted molar refractivity (Wildman–Crippen MR) is 133 cm³/mol. The van der Waals surface area contributed by atoms with E-state index in [1.54, 1.807) is 0 Å². The molecule has 0 radical (unpaired) electrons. The topological polar surface area (TPSA) is 41.6 Å². The van der Waals surface area contributed by atoms with Crippen LogP contribution in [-0.2, 0) is 19.4 Å². The molecule has 162 valence electrons. The Morgan fingerprint density at radius 3 is 2.28 bits per heavy atom. The number of benzene rings is 3. The number of nitrogens with zero attached hydrogens (tertiary/aromatic N) is 3. The quantitative estimate of drug-likeness (QED) is 0.321. The van der Waals surface area contributed by atoms with Crippen molar-refractivity contribution in [3.8, 4) is 17.2 Å². The summed E-state index contributed by atoms with van der Waals surface area (Å²) in [7, 11) is 0. The largest absolute Gasteiger partial charge is 0.330 e. The monoisotopic (exact) mass is 441 g/mol. The van der Waals surface area contributed by atoms with Crippen LogP contribution >= 0.6 is 12.4 Å². The molecule has 3 nitrogen and oxygen atoms in total. The Morgan fingerprint density at radius 2 is 1.59 bits per heavy atom. The van der Waals surface area contributed by atoms with Gasteiger partial charge in [-0.3, -0.25) is 0 Å². The SMILES string of the molecule is CC(C)Cc1ccccc1-c1ccc(Cn2cncc2Cc2ccc(C#N)cc2)cc1.Cl. The molecule has 1 aromatic heterocycles. The highest BCUT2D eigenvalue weighted by atomic mass is 35.5. The van der Waals surface area contributed by atoms with Crippen molar-refractivity contribution in [2.24, 2.45) is 5.92 Å². The molecule has 0 aliphatic heterocycles. The van der Waals surface area contributed by atoms with Gasteiger partial charge in [0.25, 0.3) is 0 Å². The summed E-state index contributed by atoms with van der Waals surface area (Å²) >= 11 is 0. The first-order valence-corrected chi connectivity index (χ1v) is 10.8. The molecule has 3 aromatic carbocycles. The van der Waals surface area contributed by atoms with Crippen LogP contribution in [-0.4, -0.2) is 9.55 Å². The molecule has 1 heterocycles. The zero-order valence-electron chi connectivity index (χ0n) is 18.5. The lowest BCUT2D eigenvalue weighted by Crippen LogP contribution is -2.04. The third kappa shape index (κ3) is 5.66. The molecule has 0 bridgehead atoms. The molecule has 4 aromatic rings. The van der Waals surface area contributed by atoms with Crippen LogP contribution in [0.4, 0.5) is 0 Å². The first-order chi connectivity index (χ1) is 15.1. The van der Waals surface area contributed by atoms with Gasteiger partial charge in [0, 0.05) is 24.9 Å². The van der Waals surface area contributed by atoms with E-state index in [0.29, 0.717) is 11.5 Å². The summed E-state index contributed by atoms with van der Waals surface area (Å²) in [6.07, 6.45) is 5.71. The number of hydrogen-bond acceptors (Lipinski definition) is 2. The Balaban J connectivity index is 0.00000289. The van der Waals surface area contributed by atoms with E-state index in [1.807, 2.05) is 36.8 Å². The molecule has 0 N–H and O–H groups in total. The van der Waals surface area contributed by atoms with E-state index in [4.69, 9.17) is 5.26 Å². The lowest BCUT2D eigenvalue weighted by Gasteiger charge is -2.13. The number of hydrogen-bond donors (Lipinski definition) is 0. The van der Waals surface area contributed by atoms with Crippen LogP contribution in [0.15, 0.2) is 85.3 Å². The Labute approximate surface area is 196 Å². The van der Waals surface area contributed by atoms with Crippen molar-refractivity contribution in [3.63, 3.8) is 0 Å². The molecule has 0 amide bonds. The second-order valence-corrected chi connectivity index (χ2v) is 8.45. The second kappa shape index (κ2) is 10.8. The van der Waals surface area contributed by atoms with Gasteiger partial charge in [0.2, 0.25) is 0 Å². The fraction of sp³-hybridized carbons (Fsp3) is 0.214. The minimum atomic E-state index is 0. The Kier molecular flexibility index (Phi) is 7.87. The van der Waals surface area contributed by atoms with Crippen molar-refractivity contribution >= 4 is 12.4 Å². The third-order valence-electron chi connectivity index (χ3n) is 5.53. The number of nitriles is 1. The van der Waals surface area contributed by atoms with Crippen molar-refractivity contribution in [3.05, 3.63) is 113 Å². The zero-order chi connectivity index (χ0) is 21.6. The lowest BCUT2D eigenvalue weighted by atomic mass is 9.93. The summed E-state index contributed by atoms with van der Waals surface area (Å²) in [5.74, 6) is 0.635. The fourth-order valence-electron chi connectivity index (χ4n) is 3.95. The van der Waals surface area contributed by atoms with E-state index < -0.39 is 0 Å². The number of halogens is 1. The predicted octanol–water partition coefficient (Wildman–Crippen LogP) is 6.68. The molecular formula is C28H28ClN3. The van der Waals surface area contributed by atoms with Gasteiger partial charge in [-0.1, -0.05) is 74.5 Å². The van der Waals surface area contributed by atoms with Gasteiger partial charge >= 0.3 is 0 Å². The first kappa shape index (κ1) is 23.3. The molecule has 0 saturated heterocycles. The van der Waals surface area contributed by atoms with Crippen molar-refractivity contribution in [2.75, 3.05) is 0 Å². The molecule has 0 aliphatic carbocycles. The van der Waals surface area contributed by atoms with Gasteiger partial charge in [0.1, 0.15) is 0 Å². The van der Waals surface area contributed by atoms with Gasteiger partial charge in [-0.2, -0.15) is 5.26 Å². The summed E-state index contributed by atoms with van der Waals surface area (Å²) in [4.78, 5) is 4.36. The standard InChI is InChI=1S/C28H27N3.ClH/c1-21(2)15-26-5-3-4-6-28(26)25-13-11-24(12-14-25)19-31-20-30-18-27(31)16-22-7-9-23(17-29)10-8-22;/h3-14,18,20-21H,15-16,19H2,1-2H3;1H. The fourth-order valence-corrected chi connectivity index (χ4v) is 3.95. The number of aromatic nitrogens is 2. The molecule has 4 rings (SSSR count). The van der Waals surface area contributed by atoms with Crippen molar-refractivity contribution in [1.29, 1.82) is 5.26 Å². The minimum Gasteiger partial charge on any atom is -0.330 e. The summed E-state index contributed by atoms with van der Waals surface area (Å²) < 4.78 is 2.19. The molecule has 32 heavy (non-hydrogen) atoms. The number of imidazole rings is 1. The Hall–Kier alpha value is -3.35. The average Bonchev–Trinajstić information content (AvgIpc) is 3.21.